The van der Waals surface area contributed by atoms with Gasteiger partial charge < -0.3 is 10.8 Å². The maximum Gasteiger partial charge on any atom is 0.120 e. The molecule has 0 atom stereocenters. The van der Waals surface area contributed by atoms with E-state index in [1.54, 1.807) is 6.07 Å². The number of hydrogen-bond donors (Lipinski definition) is 2. The summed E-state index contributed by atoms with van der Waals surface area (Å²) in [6, 6.07) is 5.44. The number of phenols is 1. The van der Waals surface area contributed by atoms with Crippen LogP contribution in [0.3, 0.4) is 0 Å². The lowest BCUT2D eigenvalue weighted by Gasteiger charge is -2.05. The largest absolute Gasteiger partial charge is 0.508 e. The number of aryl methyl sites for hydroxylation is 1. The second-order valence-electron chi connectivity index (χ2n) is 5.11. The summed E-state index contributed by atoms with van der Waals surface area (Å²) in [6.07, 6.45) is 11.5. The van der Waals surface area contributed by atoms with Crippen LogP contribution in [0.15, 0.2) is 18.2 Å². The van der Waals surface area contributed by atoms with E-state index in [2.05, 4.69) is 6.92 Å². The molecule has 0 spiro atoms. The molecular formula is C16H27NO. The first kappa shape index (κ1) is 14.9. The van der Waals surface area contributed by atoms with E-state index in [1.807, 2.05) is 12.1 Å². The molecule has 0 unspecified atom stereocenters. The van der Waals surface area contributed by atoms with Gasteiger partial charge in [-0.05, 0) is 24.5 Å². The average Bonchev–Trinajstić information content (AvgIpc) is 2.35. The molecule has 0 bridgehead atoms. The number of hydrogen-bond acceptors (Lipinski definition) is 2. The fraction of sp³-hybridized carbons (Fsp3) is 0.625. The second-order valence-corrected chi connectivity index (χ2v) is 5.11. The van der Waals surface area contributed by atoms with Crippen molar-refractivity contribution in [2.24, 2.45) is 0 Å². The zero-order chi connectivity index (χ0) is 13.2. The molecule has 3 N–H and O–H groups in total. The summed E-state index contributed by atoms with van der Waals surface area (Å²) in [5.74, 6) is 0.345. The standard InChI is InChI=1S/C16H27NO/c1-2-3-4-5-6-7-8-9-10-14-11-12-15(17)13-16(14)18/h11-13,18H,2-10,17H2,1H3. The van der Waals surface area contributed by atoms with Crippen molar-refractivity contribution < 1.29 is 5.11 Å². The third-order valence-electron chi connectivity index (χ3n) is 3.41. The molecule has 0 radical (unpaired) electrons. The van der Waals surface area contributed by atoms with Gasteiger partial charge in [0.2, 0.25) is 0 Å². The maximum atomic E-state index is 9.71. The summed E-state index contributed by atoms with van der Waals surface area (Å²) in [6.45, 7) is 2.25. The van der Waals surface area contributed by atoms with Gasteiger partial charge in [0, 0.05) is 11.8 Å². The molecule has 0 aliphatic heterocycles. The van der Waals surface area contributed by atoms with Crippen molar-refractivity contribution in [3.8, 4) is 5.75 Å². The van der Waals surface area contributed by atoms with Crippen molar-refractivity contribution >= 4 is 5.69 Å². The molecule has 0 saturated carbocycles. The summed E-state index contributed by atoms with van der Waals surface area (Å²) in [7, 11) is 0. The normalized spacial score (nSPS) is 10.7. The number of anilines is 1. The summed E-state index contributed by atoms with van der Waals surface area (Å²) >= 11 is 0. The van der Waals surface area contributed by atoms with Gasteiger partial charge in [-0.1, -0.05) is 57.9 Å². The minimum Gasteiger partial charge on any atom is -0.508 e. The molecule has 1 rings (SSSR count). The van der Waals surface area contributed by atoms with E-state index in [0.717, 1.165) is 18.4 Å². The molecule has 0 aliphatic rings. The molecular weight excluding hydrogens is 222 g/mol. The Hall–Kier alpha value is -1.18. The highest BCUT2D eigenvalue weighted by molar-refractivity contribution is 5.47. The highest BCUT2D eigenvalue weighted by Gasteiger charge is 2.01. The molecule has 0 fully saturated rings. The van der Waals surface area contributed by atoms with Gasteiger partial charge in [0.15, 0.2) is 0 Å². The number of rotatable bonds is 9. The molecule has 0 heterocycles. The summed E-state index contributed by atoms with van der Waals surface area (Å²) in [4.78, 5) is 0. The minimum absolute atomic E-state index is 0.345. The van der Waals surface area contributed by atoms with Gasteiger partial charge in [-0.15, -0.1) is 0 Å². The van der Waals surface area contributed by atoms with E-state index in [9.17, 15) is 5.11 Å². The van der Waals surface area contributed by atoms with Crippen LogP contribution >= 0.6 is 0 Å². The molecule has 1 aromatic carbocycles. The quantitative estimate of drug-likeness (QED) is 0.494. The fourth-order valence-electron chi connectivity index (χ4n) is 2.24. The van der Waals surface area contributed by atoms with Gasteiger partial charge in [-0.25, -0.2) is 0 Å². The molecule has 2 nitrogen and oxygen atoms in total. The Kier molecular flexibility index (Phi) is 7.31. The van der Waals surface area contributed by atoms with E-state index < -0.39 is 0 Å². The topological polar surface area (TPSA) is 46.2 Å². The molecule has 0 amide bonds. The van der Waals surface area contributed by atoms with Gasteiger partial charge in [0.05, 0.1) is 0 Å². The third kappa shape index (κ3) is 5.95. The summed E-state index contributed by atoms with van der Waals surface area (Å²) in [5.41, 5.74) is 7.26. The zero-order valence-corrected chi connectivity index (χ0v) is 11.6. The third-order valence-corrected chi connectivity index (χ3v) is 3.41. The van der Waals surface area contributed by atoms with Crippen LogP contribution in [-0.4, -0.2) is 5.11 Å². The predicted octanol–water partition coefficient (Wildman–Crippen LogP) is 4.66. The van der Waals surface area contributed by atoms with Crippen LogP contribution in [-0.2, 0) is 6.42 Å². The lowest BCUT2D eigenvalue weighted by atomic mass is 10.0. The van der Waals surface area contributed by atoms with Crippen molar-refractivity contribution in [2.45, 2.75) is 64.7 Å². The Morgan fingerprint density at radius 1 is 0.944 bits per heavy atom. The SMILES string of the molecule is CCCCCCCCCCc1ccc(N)cc1O. The predicted molar refractivity (Wildman–Crippen MR) is 78.8 cm³/mol. The molecule has 2 heteroatoms. The average molecular weight is 249 g/mol. The number of phenolic OH excluding ortho intramolecular Hbond substituents is 1. The van der Waals surface area contributed by atoms with Crippen LogP contribution in [0.25, 0.3) is 0 Å². The van der Waals surface area contributed by atoms with E-state index in [1.165, 1.54) is 44.9 Å². The van der Waals surface area contributed by atoms with Gasteiger partial charge >= 0.3 is 0 Å². The molecule has 1 aromatic rings. The van der Waals surface area contributed by atoms with Gasteiger partial charge in [-0.2, -0.15) is 0 Å². The van der Waals surface area contributed by atoms with Gasteiger partial charge in [0.25, 0.3) is 0 Å². The molecule has 102 valence electrons. The molecule has 0 aliphatic carbocycles. The van der Waals surface area contributed by atoms with E-state index in [0.29, 0.717) is 11.4 Å². The first-order chi connectivity index (χ1) is 8.74. The number of nitrogens with two attached hydrogens (primary N) is 1. The van der Waals surface area contributed by atoms with E-state index in [-0.39, 0.29) is 0 Å². The molecule has 18 heavy (non-hydrogen) atoms. The Balaban J connectivity index is 2.07. The fourth-order valence-corrected chi connectivity index (χ4v) is 2.24. The highest BCUT2D eigenvalue weighted by atomic mass is 16.3. The van der Waals surface area contributed by atoms with Gasteiger partial charge in [0.1, 0.15) is 5.75 Å². The number of unbranched alkanes of at least 4 members (excludes halogenated alkanes) is 7. The first-order valence-corrected chi connectivity index (χ1v) is 7.31. The van der Waals surface area contributed by atoms with Crippen molar-refractivity contribution in [3.05, 3.63) is 23.8 Å². The van der Waals surface area contributed by atoms with Crippen LogP contribution in [0.5, 0.6) is 5.75 Å². The highest BCUT2D eigenvalue weighted by Crippen LogP contribution is 2.22. The summed E-state index contributed by atoms with van der Waals surface area (Å²) < 4.78 is 0. The number of aromatic hydroxyl groups is 1. The maximum absolute atomic E-state index is 9.71. The van der Waals surface area contributed by atoms with Crippen molar-refractivity contribution in [3.63, 3.8) is 0 Å². The molecule has 0 aromatic heterocycles. The molecule has 0 saturated heterocycles. The Morgan fingerprint density at radius 2 is 1.56 bits per heavy atom. The van der Waals surface area contributed by atoms with Crippen LogP contribution in [0.4, 0.5) is 5.69 Å². The Morgan fingerprint density at radius 3 is 2.17 bits per heavy atom. The lowest BCUT2D eigenvalue weighted by molar-refractivity contribution is 0.466. The van der Waals surface area contributed by atoms with E-state index >= 15 is 0 Å². The number of nitrogen functional groups attached to an aromatic ring is 1. The smallest absolute Gasteiger partial charge is 0.120 e. The van der Waals surface area contributed by atoms with Crippen LogP contribution in [0, 0.1) is 0 Å². The number of benzene rings is 1. The lowest BCUT2D eigenvalue weighted by Crippen LogP contribution is -1.90. The zero-order valence-electron chi connectivity index (χ0n) is 11.6. The monoisotopic (exact) mass is 249 g/mol. The van der Waals surface area contributed by atoms with Crippen molar-refractivity contribution in [1.82, 2.24) is 0 Å². The summed E-state index contributed by atoms with van der Waals surface area (Å²) in [5, 5.41) is 9.71. The Labute approximate surface area is 111 Å². The van der Waals surface area contributed by atoms with E-state index in [4.69, 9.17) is 5.73 Å². The van der Waals surface area contributed by atoms with Crippen LogP contribution in [0.2, 0.25) is 0 Å². The van der Waals surface area contributed by atoms with Crippen molar-refractivity contribution in [1.29, 1.82) is 0 Å². The van der Waals surface area contributed by atoms with Gasteiger partial charge in [-0.3, -0.25) is 0 Å². The first-order valence-electron chi connectivity index (χ1n) is 7.31. The van der Waals surface area contributed by atoms with Crippen LogP contribution in [0.1, 0.15) is 63.9 Å². The second kappa shape index (κ2) is 8.84. The van der Waals surface area contributed by atoms with Crippen LogP contribution < -0.4 is 5.73 Å². The Bertz CT molecular complexity index is 336. The minimum atomic E-state index is 0.345. The van der Waals surface area contributed by atoms with Crippen molar-refractivity contribution in [2.75, 3.05) is 5.73 Å².